The summed E-state index contributed by atoms with van der Waals surface area (Å²) in [5.41, 5.74) is 9.49. The fraction of sp³-hybridized carbons (Fsp3) is 0.231. The van der Waals surface area contributed by atoms with E-state index < -0.39 is 0 Å². The SMILES string of the molecule is N=C(N)c1c2c(nc3c(Cl)cccc13)CCC2. The van der Waals surface area contributed by atoms with Crippen molar-refractivity contribution in [1.82, 2.24) is 4.98 Å². The highest BCUT2D eigenvalue weighted by Gasteiger charge is 2.21. The smallest absolute Gasteiger partial charge is 0.123 e. The van der Waals surface area contributed by atoms with Crippen LogP contribution in [0.5, 0.6) is 0 Å². The molecule has 0 unspecified atom stereocenters. The van der Waals surface area contributed by atoms with E-state index in [2.05, 4.69) is 4.98 Å². The number of nitrogens with one attached hydrogen (secondary N) is 1. The number of fused-ring (bicyclic) bond motifs is 2. The highest BCUT2D eigenvalue weighted by molar-refractivity contribution is 6.35. The van der Waals surface area contributed by atoms with Crippen molar-refractivity contribution in [1.29, 1.82) is 5.41 Å². The average Bonchev–Trinajstić information content (AvgIpc) is 2.74. The summed E-state index contributed by atoms with van der Waals surface area (Å²) in [5, 5.41) is 9.28. The lowest BCUT2D eigenvalue weighted by Crippen LogP contribution is -2.15. The molecule has 0 saturated heterocycles. The van der Waals surface area contributed by atoms with Crippen LogP contribution >= 0.6 is 11.6 Å². The zero-order valence-corrected chi connectivity index (χ0v) is 10.0. The minimum Gasteiger partial charge on any atom is -0.384 e. The summed E-state index contributed by atoms with van der Waals surface area (Å²) in [4.78, 5) is 4.61. The lowest BCUT2D eigenvalue weighted by Gasteiger charge is -2.11. The van der Waals surface area contributed by atoms with Crippen LogP contribution in [0.3, 0.4) is 0 Å². The maximum absolute atomic E-state index is 7.76. The van der Waals surface area contributed by atoms with E-state index in [4.69, 9.17) is 22.7 Å². The van der Waals surface area contributed by atoms with Crippen LogP contribution in [0, 0.1) is 5.41 Å². The summed E-state index contributed by atoms with van der Waals surface area (Å²) >= 11 is 6.16. The largest absolute Gasteiger partial charge is 0.384 e. The number of halogens is 1. The van der Waals surface area contributed by atoms with Crippen molar-refractivity contribution in [2.24, 2.45) is 5.73 Å². The molecule has 2 aromatic rings. The van der Waals surface area contributed by atoms with Gasteiger partial charge in [0.2, 0.25) is 0 Å². The van der Waals surface area contributed by atoms with E-state index in [1.165, 1.54) is 0 Å². The molecule has 0 saturated carbocycles. The first-order valence-corrected chi connectivity index (χ1v) is 6.00. The summed E-state index contributed by atoms with van der Waals surface area (Å²) < 4.78 is 0. The molecule has 0 radical (unpaired) electrons. The molecule has 3 N–H and O–H groups in total. The Morgan fingerprint density at radius 3 is 2.94 bits per heavy atom. The molecule has 0 bridgehead atoms. The molecule has 1 aliphatic carbocycles. The number of nitrogens with two attached hydrogens (primary N) is 1. The van der Waals surface area contributed by atoms with E-state index in [-0.39, 0.29) is 5.84 Å². The lowest BCUT2D eigenvalue weighted by atomic mass is 10.0. The lowest BCUT2D eigenvalue weighted by molar-refractivity contribution is 0.901. The second-order valence-corrected chi connectivity index (χ2v) is 4.72. The molecular formula is C13H12ClN3. The summed E-state index contributed by atoms with van der Waals surface area (Å²) in [6, 6.07) is 5.63. The van der Waals surface area contributed by atoms with Crippen molar-refractivity contribution in [3.63, 3.8) is 0 Å². The van der Waals surface area contributed by atoms with Crippen LogP contribution in [0.15, 0.2) is 18.2 Å². The standard InChI is InChI=1S/C13H12ClN3/c14-9-5-1-4-8-11(13(15)16)7-3-2-6-10(7)17-12(8)9/h1,4-5H,2-3,6H2,(H3,15,16). The summed E-state index contributed by atoms with van der Waals surface area (Å²) in [7, 11) is 0. The molecule has 3 rings (SSSR count). The molecule has 1 aromatic heterocycles. The molecule has 4 heteroatoms. The Morgan fingerprint density at radius 1 is 1.35 bits per heavy atom. The molecule has 17 heavy (non-hydrogen) atoms. The van der Waals surface area contributed by atoms with Crippen molar-refractivity contribution in [2.75, 3.05) is 0 Å². The molecule has 0 atom stereocenters. The molecule has 0 amide bonds. The van der Waals surface area contributed by atoms with Gasteiger partial charge in [-0.15, -0.1) is 0 Å². The second-order valence-electron chi connectivity index (χ2n) is 4.32. The zero-order valence-electron chi connectivity index (χ0n) is 9.26. The molecule has 1 aromatic carbocycles. The normalized spacial score (nSPS) is 13.9. The van der Waals surface area contributed by atoms with E-state index in [0.29, 0.717) is 5.02 Å². The van der Waals surface area contributed by atoms with Gasteiger partial charge in [0, 0.05) is 16.6 Å². The number of benzene rings is 1. The summed E-state index contributed by atoms with van der Waals surface area (Å²) in [6.07, 6.45) is 2.99. The number of rotatable bonds is 1. The molecule has 1 aliphatic rings. The third kappa shape index (κ3) is 1.50. The van der Waals surface area contributed by atoms with Crippen molar-refractivity contribution < 1.29 is 0 Å². The van der Waals surface area contributed by atoms with Crippen LogP contribution in [0.25, 0.3) is 10.9 Å². The Bertz CT molecular complexity index is 634. The predicted molar refractivity (Wildman–Crippen MR) is 69.8 cm³/mol. The monoisotopic (exact) mass is 245 g/mol. The molecular weight excluding hydrogens is 234 g/mol. The Kier molecular flexibility index (Phi) is 2.30. The zero-order chi connectivity index (χ0) is 12.0. The van der Waals surface area contributed by atoms with Gasteiger partial charge in [-0.1, -0.05) is 23.7 Å². The van der Waals surface area contributed by atoms with Gasteiger partial charge in [-0.2, -0.15) is 0 Å². The number of hydrogen-bond acceptors (Lipinski definition) is 2. The number of amidine groups is 1. The minimum absolute atomic E-state index is 0.109. The Morgan fingerprint density at radius 2 is 2.18 bits per heavy atom. The highest BCUT2D eigenvalue weighted by atomic mass is 35.5. The van der Waals surface area contributed by atoms with Gasteiger partial charge in [0.1, 0.15) is 5.84 Å². The quantitative estimate of drug-likeness (QED) is 0.599. The molecule has 86 valence electrons. The van der Waals surface area contributed by atoms with E-state index in [1.54, 1.807) is 0 Å². The van der Waals surface area contributed by atoms with Crippen molar-refractivity contribution in [2.45, 2.75) is 19.3 Å². The van der Waals surface area contributed by atoms with Gasteiger partial charge < -0.3 is 5.73 Å². The first-order valence-electron chi connectivity index (χ1n) is 5.63. The Balaban J connectivity index is 2.49. The number of aryl methyl sites for hydroxylation is 1. The predicted octanol–water partition coefficient (Wildman–Crippen LogP) is 2.66. The van der Waals surface area contributed by atoms with E-state index in [0.717, 1.165) is 47.0 Å². The van der Waals surface area contributed by atoms with E-state index in [9.17, 15) is 0 Å². The fourth-order valence-corrected chi connectivity index (χ4v) is 2.77. The average molecular weight is 246 g/mol. The van der Waals surface area contributed by atoms with Gasteiger partial charge in [0.15, 0.2) is 0 Å². The summed E-state index contributed by atoms with van der Waals surface area (Å²) in [6.45, 7) is 0. The molecule has 0 spiro atoms. The maximum Gasteiger partial charge on any atom is 0.123 e. The number of hydrogen-bond donors (Lipinski definition) is 2. The second kappa shape index (κ2) is 3.70. The topological polar surface area (TPSA) is 62.8 Å². The number of para-hydroxylation sites is 1. The van der Waals surface area contributed by atoms with E-state index in [1.807, 2.05) is 18.2 Å². The first kappa shape index (κ1) is 10.5. The highest BCUT2D eigenvalue weighted by Crippen LogP contribution is 2.32. The Hall–Kier alpha value is -1.61. The summed E-state index contributed by atoms with van der Waals surface area (Å²) in [5.74, 6) is 0.109. The van der Waals surface area contributed by atoms with Crippen LogP contribution in [-0.4, -0.2) is 10.8 Å². The van der Waals surface area contributed by atoms with Crippen molar-refractivity contribution >= 4 is 28.3 Å². The number of aromatic nitrogens is 1. The molecule has 0 fully saturated rings. The number of nitrogens with zero attached hydrogens (tertiary/aromatic N) is 1. The van der Waals surface area contributed by atoms with Gasteiger partial charge in [-0.05, 0) is 30.9 Å². The van der Waals surface area contributed by atoms with Crippen LogP contribution in [0.2, 0.25) is 5.02 Å². The number of pyridine rings is 1. The first-order chi connectivity index (χ1) is 8.18. The minimum atomic E-state index is 0.109. The van der Waals surface area contributed by atoms with Gasteiger partial charge in [0.25, 0.3) is 0 Å². The van der Waals surface area contributed by atoms with Gasteiger partial charge in [0.05, 0.1) is 10.5 Å². The molecule has 1 heterocycles. The van der Waals surface area contributed by atoms with Crippen molar-refractivity contribution in [3.05, 3.63) is 40.0 Å². The van der Waals surface area contributed by atoms with Crippen LogP contribution in [0.4, 0.5) is 0 Å². The third-order valence-electron chi connectivity index (χ3n) is 3.26. The Labute approximate surface area is 104 Å². The fourth-order valence-electron chi connectivity index (χ4n) is 2.56. The molecule has 3 nitrogen and oxygen atoms in total. The molecule has 0 aliphatic heterocycles. The third-order valence-corrected chi connectivity index (χ3v) is 3.57. The maximum atomic E-state index is 7.76. The number of nitrogen functional groups attached to an aromatic ring is 1. The van der Waals surface area contributed by atoms with Crippen LogP contribution in [0.1, 0.15) is 23.2 Å². The van der Waals surface area contributed by atoms with Gasteiger partial charge >= 0.3 is 0 Å². The van der Waals surface area contributed by atoms with E-state index >= 15 is 0 Å². The van der Waals surface area contributed by atoms with Gasteiger partial charge in [-0.3, -0.25) is 10.4 Å². The van der Waals surface area contributed by atoms with Crippen LogP contribution in [-0.2, 0) is 12.8 Å². The van der Waals surface area contributed by atoms with Gasteiger partial charge in [-0.25, -0.2) is 0 Å². The van der Waals surface area contributed by atoms with Crippen molar-refractivity contribution in [3.8, 4) is 0 Å². The van der Waals surface area contributed by atoms with Crippen LogP contribution < -0.4 is 5.73 Å².